The molecule has 2 atom stereocenters. The van der Waals surface area contributed by atoms with Crippen molar-refractivity contribution in [3.63, 3.8) is 0 Å². The van der Waals surface area contributed by atoms with Crippen molar-refractivity contribution < 1.29 is 4.74 Å². The van der Waals surface area contributed by atoms with Crippen LogP contribution in [0.4, 0.5) is 0 Å². The maximum atomic E-state index is 6.47. The second-order valence-electron chi connectivity index (χ2n) is 6.28. The van der Waals surface area contributed by atoms with Crippen LogP contribution in [0.1, 0.15) is 37.6 Å². The molecule has 1 aromatic rings. The SMILES string of the molecule is CCn1nc(C)c(Cl)c1CC1(CN)CCOC1C1CC1. The Morgan fingerprint density at radius 3 is 2.85 bits per heavy atom. The fourth-order valence-corrected chi connectivity index (χ4v) is 3.80. The van der Waals surface area contributed by atoms with E-state index >= 15 is 0 Å². The van der Waals surface area contributed by atoms with Gasteiger partial charge in [-0.3, -0.25) is 4.68 Å². The molecule has 1 aliphatic heterocycles. The topological polar surface area (TPSA) is 53.1 Å². The van der Waals surface area contributed by atoms with Crippen molar-refractivity contribution >= 4 is 11.6 Å². The summed E-state index contributed by atoms with van der Waals surface area (Å²) in [6.07, 6.45) is 4.80. The second-order valence-corrected chi connectivity index (χ2v) is 6.66. The molecule has 112 valence electrons. The molecular weight excluding hydrogens is 274 g/mol. The molecular formula is C15H24ClN3O. The van der Waals surface area contributed by atoms with Crippen molar-refractivity contribution in [3.05, 3.63) is 16.4 Å². The normalized spacial score (nSPS) is 30.1. The highest BCUT2D eigenvalue weighted by Gasteiger charge is 2.50. The minimum absolute atomic E-state index is 0.0458. The highest BCUT2D eigenvalue weighted by molar-refractivity contribution is 6.31. The highest BCUT2D eigenvalue weighted by atomic mass is 35.5. The molecule has 2 fully saturated rings. The molecule has 1 aliphatic carbocycles. The Morgan fingerprint density at radius 1 is 1.50 bits per heavy atom. The van der Waals surface area contributed by atoms with Crippen LogP contribution in [-0.4, -0.2) is 29.0 Å². The van der Waals surface area contributed by atoms with Crippen molar-refractivity contribution in [1.29, 1.82) is 0 Å². The van der Waals surface area contributed by atoms with Gasteiger partial charge < -0.3 is 10.5 Å². The minimum Gasteiger partial charge on any atom is -0.377 e. The summed E-state index contributed by atoms with van der Waals surface area (Å²) < 4.78 is 8.05. The van der Waals surface area contributed by atoms with Gasteiger partial charge in [0.25, 0.3) is 0 Å². The van der Waals surface area contributed by atoms with E-state index < -0.39 is 0 Å². The predicted molar refractivity (Wildman–Crippen MR) is 79.9 cm³/mol. The smallest absolute Gasteiger partial charge is 0.0847 e. The van der Waals surface area contributed by atoms with Crippen LogP contribution in [0.2, 0.25) is 5.02 Å². The molecule has 3 rings (SSSR count). The number of aromatic nitrogens is 2. The van der Waals surface area contributed by atoms with Gasteiger partial charge in [0, 0.05) is 31.5 Å². The summed E-state index contributed by atoms with van der Waals surface area (Å²) in [6.45, 7) is 6.41. The fourth-order valence-electron chi connectivity index (χ4n) is 3.59. The third-order valence-electron chi connectivity index (χ3n) is 4.93. The maximum absolute atomic E-state index is 6.47. The Morgan fingerprint density at radius 2 is 2.25 bits per heavy atom. The van der Waals surface area contributed by atoms with Crippen molar-refractivity contribution in [1.82, 2.24) is 9.78 Å². The van der Waals surface area contributed by atoms with Crippen LogP contribution in [0.3, 0.4) is 0 Å². The first-order valence-corrected chi connectivity index (χ1v) is 8.02. The zero-order valence-electron chi connectivity index (χ0n) is 12.4. The lowest BCUT2D eigenvalue weighted by molar-refractivity contribution is 0.0336. The number of aryl methyl sites for hydroxylation is 2. The Hall–Kier alpha value is -0.580. The van der Waals surface area contributed by atoms with E-state index in [-0.39, 0.29) is 5.41 Å². The van der Waals surface area contributed by atoms with Crippen LogP contribution in [0.5, 0.6) is 0 Å². The maximum Gasteiger partial charge on any atom is 0.0847 e. The van der Waals surface area contributed by atoms with Gasteiger partial charge in [0.1, 0.15) is 0 Å². The molecule has 1 aromatic heterocycles. The monoisotopic (exact) mass is 297 g/mol. The summed E-state index contributed by atoms with van der Waals surface area (Å²) in [6, 6.07) is 0. The van der Waals surface area contributed by atoms with Crippen molar-refractivity contribution in [2.24, 2.45) is 17.1 Å². The summed E-state index contributed by atoms with van der Waals surface area (Å²) in [5.74, 6) is 0.707. The lowest BCUT2D eigenvalue weighted by Crippen LogP contribution is -2.42. The van der Waals surface area contributed by atoms with Gasteiger partial charge >= 0.3 is 0 Å². The van der Waals surface area contributed by atoms with Gasteiger partial charge in [-0.25, -0.2) is 0 Å². The highest BCUT2D eigenvalue weighted by Crippen LogP contribution is 2.49. The first-order valence-electron chi connectivity index (χ1n) is 7.64. The van der Waals surface area contributed by atoms with Gasteiger partial charge in [0.2, 0.25) is 0 Å². The van der Waals surface area contributed by atoms with Crippen LogP contribution in [0.25, 0.3) is 0 Å². The zero-order valence-corrected chi connectivity index (χ0v) is 13.1. The van der Waals surface area contributed by atoms with Crippen LogP contribution in [0, 0.1) is 18.3 Å². The molecule has 5 heteroatoms. The number of nitrogens with two attached hydrogens (primary N) is 1. The third kappa shape index (κ3) is 2.28. The van der Waals surface area contributed by atoms with Crippen molar-refractivity contribution in [2.45, 2.75) is 52.2 Å². The van der Waals surface area contributed by atoms with Crippen LogP contribution in [0.15, 0.2) is 0 Å². The Balaban J connectivity index is 1.91. The van der Waals surface area contributed by atoms with Crippen LogP contribution < -0.4 is 5.73 Å². The molecule has 0 spiro atoms. The van der Waals surface area contributed by atoms with E-state index in [0.717, 1.165) is 42.4 Å². The van der Waals surface area contributed by atoms with Crippen LogP contribution >= 0.6 is 11.6 Å². The average molecular weight is 298 g/mol. The molecule has 0 amide bonds. The standard InChI is InChI=1S/C15H24ClN3O/c1-3-19-12(13(16)10(2)18-19)8-15(9-17)6-7-20-14(15)11-4-5-11/h11,14H,3-9,17H2,1-2H3. The predicted octanol–water partition coefficient (Wildman–Crippen LogP) is 2.55. The molecule has 4 nitrogen and oxygen atoms in total. The summed E-state index contributed by atoms with van der Waals surface area (Å²) >= 11 is 6.47. The molecule has 1 saturated heterocycles. The lowest BCUT2D eigenvalue weighted by atomic mass is 9.75. The average Bonchev–Trinajstić information content (AvgIpc) is 3.16. The van der Waals surface area contributed by atoms with E-state index in [4.69, 9.17) is 22.1 Å². The zero-order chi connectivity index (χ0) is 14.3. The molecule has 20 heavy (non-hydrogen) atoms. The molecule has 2 N–H and O–H groups in total. The fraction of sp³-hybridized carbons (Fsp3) is 0.800. The van der Waals surface area contributed by atoms with E-state index in [1.807, 2.05) is 11.6 Å². The van der Waals surface area contributed by atoms with Gasteiger partial charge in [-0.15, -0.1) is 0 Å². The number of ether oxygens (including phenoxy) is 1. The first-order chi connectivity index (χ1) is 9.61. The van der Waals surface area contributed by atoms with E-state index in [2.05, 4.69) is 12.0 Å². The molecule has 2 aliphatic rings. The summed E-state index contributed by atoms with van der Waals surface area (Å²) in [7, 11) is 0. The number of rotatable bonds is 5. The number of hydrogen-bond acceptors (Lipinski definition) is 3. The van der Waals surface area contributed by atoms with Crippen molar-refractivity contribution in [3.8, 4) is 0 Å². The quantitative estimate of drug-likeness (QED) is 0.909. The Labute approximate surface area is 125 Å². The third-order valence-corrected chi connectivity index (χ3v) is 5.42. The minimum atomic E-state index is 0.0458. The van der Waals surface area contributed by atoms with E-state index in [1.165, 1.54) is 12.8 Å². The summed E-state index contributed by atoms with van der Waals surface area (Å²) in [5.41, 5.74) is 8.26. The van der Waals surface area contributed by atoms with Gasteiger partial charge in [0.15, 0.2) is 0 Å². The number of halogens is 1. The van der Waals surface area contributed by atoms with Crippen LogP contribution in [-0.2, 0) is 17.7 Å². The van der Waals surface area contributed by atoms with Gasteiger partial charge in [0.05, 0.1) is 22.5 Å². The second kappa shape index (κ2) is 5.32. The molecule has 2 unspecified atom stereocenters. The summed E-state index contributed by atoms with van der Waals surface area (Å²) in [5, 5.41) is 5.33. The lowest BCUT2D eigenvalue weighted by Gasteiger charge is -2.33. The number of nitrogens with zero attached hydrogens (tertiary/aromatic N) is 2. The number of hydrogen-bond donors (Lipinski definition) is 1. The molecule has 0 bridgehead atoms. The molecule has 0 radical (unpaired) electrons. The molecule has 1 saturated carbocycles. The first kappa shape index (κ1) is 14.4. The molecule has 0 aromatic carbocycles. The van der Waals surface area contributed by atoms with Gasteiger partial charge in [-0.05, 0) is 39.0 Å². The van der Waals surface area contributed by atoms with Gasteiger partial charge in [-0.2, -0.15) is 5.10 Å². The largest absolute Gasteiger partial charge is 0.377 e. The van der Waals surface area contributed by atoms with Gasteiger partial charge in [-0.1, -0.05) is 11.6 Å². The van der Waals surface area contributed by atoms with E-state index in [1.54, 1.807) is 0 Å². The van der Waals surface area contributed by atoms with E-state index in [9.17, 15) is 0 Å². The van der Waals surface area contributed by atoms with E-state index in [0.29, 0.717) is 18.6 Å². The summed E-state index contributed by atoms with van der Waals surface area (Å²) in [4.78, 5) is 0. The Bertz CT molecular complexity index is 498. The Kier molecular flexibility index (Phi) is 3.82. The molecule has 2 heterocycles. The van der Waals surface area contributed by atoms with Crippen molar-refractivity contribution in [2.75, 3.05) is 13.2 Å².